The number of carbonyl (C=O) groups is 2. The molecule has 26 heavy (non-hydrogen) atoms. The van der Waals surface area contributed by atoms with Crippen LogP contribution in [-0.4, -0.2) is 25.2 Å². The summed E-state index contributed by atoms with van der Waals surface area (Å²) >= 11 is 0. The van der Waals surface area contributed by atoms with Gasteiger partial charge in [0.15, 0.2) is 0 Å². The van der Waals surface area contributed by atoms with Crippen LogP contribution in [-0.2, 0) is 19.1 Å². The molecule has 0 saturated heterocycles. The Bertz CT molecular complexity index is 1090. The number of hydrogen-bond donors (Lipinski definition) is 0. The minimum atomic E-state index is -0.370. The van der Waals surface area contributed by atoms with Gasteiger partial charge in [0.1, 0.15) is 0 Å². The molecule has 2 aromatic rings. The molecule has 0 fully saturated rings. The Hall–Kier alpha value is -3.14. The average molecular weight is 346 g/mol. The van der Waals surface area contributed by atoms with E-state index in [0.29, 0.717) is 24.4 Å². The molecule has 0 radical (unpaired) electrons. The van der Waals surface area contributed by atoms with E-state index in [1.54, 1.807) is 13.8 Å². The number of esters is 2. The topological polar surface area (TPSA) is 52.6 Å². The number of benzene rings is 2. The lowest BCUT2D eigenvalue weighted by Crippen LogP contribution is -2.31. The van der Waals surface area contributed by atoms with Crippen LogP contribution in [0.5, 0.6) is 0 Å². The molecule has 4 nitrogen and oxygen atoms in total. The highest BCUT2D eigenvalue weighted by Crippen LogP contribution is 2.33. The first-order valence-corrected chi connectivity index (χ1v) is 8.71. The van der Waals surface area contributed by atoms with Crippen molar-refractivity contribution in [1.82, 2.24) is 0 Å². The van der Waals surface area contributed by atoms with E-state index >= 15 is 0 Å². The summed E-state index contributed by atoms with van der Waals surface area (Å²) in [5.74, 6) is -0.741. The minimum Gasteiger partial charge on any atom is -0.462 e. The number of ether oxygens (including phenoxy) is 2. The Morgan fingerprint density at radius 2 is 1.00 bits per heavy atom. The van der Waals surface area contributed by atoms with E-state index < -0.39 is 0 Å². The molecule has 130 valence electrons. The van der Waals surface area contributed by atoms with Crippen LogP contribution in [0.3, 0.4) is 0 Å². The highest BCUT2D eigenvalue weighted by atomic mass is 16.5. The zero-order valence-electron chi connectivity index (χ0n) is 14.7. The lowest BCUT2D eigenvalue weighted by molar-refractivity contribution is -0.137. The fourth-order valence-electron chi connectivity index (χ4n) is 3.73. The van der Waals surface area contributed by atoms with Crippen molar-refractivity contribution in [2.45, 2.75) is 13.8 Å². The lowest BCUT2D eigenvalue weighted by atomic mass is 9.99. The van der Waals surface area contributed by atoms with Gasteiger partial charge in [0.05, 0.1) is 24.4 Å². The maximum absolute atomic E-state index is 12.7. The van der Waals surface area contributed by atoms with Crippen molar-refractivity contribution in [2.75, 3.05) is 13.2 Å². The van der Waals surface area contributed by atoms with E-state index in [-0.39, 0.29) is 11.9 Å². The van der Waals surface area contributed by atoms with Gasteiger partial charge >= 0.3 is 11.9 Å². The van der Waals surface area contributed by atoms with Crippen LogP contribution < -0.4 is 20.9 Å². The van der Waals surface area contributed by atoms with Gasteiger partial charge in [-0.15, -0.1) is 0 Å². The first-order valence-electron chi connectivity index (χ1n) is 8.71. The summed E-state index contributed by atoms with van der Waals surface area (Å²) in [6.45, 7) is 4.16. The predicted molar refractivity (Wildman–Crippen MR) is 98.3 cm³/mol. The Labute approximate surface area is 150 Å². The Morgan fingerprint density at radius 3 is 1.35 bits per heavy atom. The molecule has 0 aliphatic heterocycles. The van der Waals surface area contributed by atoms with Gasteiger partial charge in [0.2, 0.25) is 0 Å². The molecule has 0 heterocycles. The van der Waals surface area contributed by atoms with Gasteiger partial charge in [-0.2, -0.15) is 0 Å². The van der Waals surface area contributed by atoms with E-state index in [4.69, 9.17) is 9.47 Å². The lowest BCUT2D eigenvalue weighted by Gasteiger charge is -2.09. The molecule has 0 amide bonds. The van der Waals surface area contributed by atoms with Gasteiger partial charge in [0, 0.05) is 11.1 Å². The summed E-state index contributed by atoms with van der Waals surface area (Å²) in [5, 5.41) is 3.33. The second kappa shape index (κ2) is 6.30. The van der Waals surface area contributed by atoms with Crippen molar-refractivity contribution < 1.29 is 19.1 Å². The molecule has 2 aliphatic rings. The number of rotatable bonds is 4. The van der Waals surface area contributed by atoms with Crippen LogP contribution in [0.2, 0.25) is 0 Å². The van der Waals surface area contributed by atoms with Crippen molar-refractivity contribution >= 4 is 34.2 Å². The Balaban J connectivity index is 2.16. The second-order valence-electron chi connectivity index (χ2n) is 6.03. The quantitative estimate of drug-likeness (QED) is 0.740. The largest absolute Gasteiger partial charge is 0.462 e. The molecule has 0 unspecified atom stereocenters. The van der Waals surface area contributed by atoms with Crippen molar-refractivity contribution in [1.29, 1.82) is 0 Å². The van der Waals surface area contributed by atoms with E-state index in [0.717, 1.165) is 32.0 Å². The van der Waals surface area contributed by atoms with Gasteiger partial charge in [-0.25, -0.2) is 9.59 Å². The highest BCUT2D eigenvalue weighted by Gasteiger charge is 2.35. The van der Waals surface area contributed by atoms with Crippen molar-refractivity contribution in [3.63, 3.8) is 0 Å². The third-order valence-corrected chi connectivity index (χ3v) is 4.64. The van der Waals surface area contributed by atoms with E-state index in [2.05, 4.69) is 0 Å². The molecule has 4 heteroatoms. The predicted octanol–water partition coefficient (Wildman–Crippen LogP) is 0.143. The molecule has 0 N–H and O–H groups in total. The summed E-state index contributed by atoms with van der Waals surface area (Å²) in [7, 11) is 0. The highest BCUT2D eigenvalue weighted by molar-refractivity contribution is 6.46. The van der Waals surface area contributed by atoms with Crippen LogP contribution in [0.1, 0.15) is 13.8 Å². The maximum Gasteiger partial charge on any atom is 0.339 e. The first kappa shape index (κ1) is 16.3. The van der Waals surface area contributed by atoms with Crippen LogP contribution in [0.25, 0.3) is 22.3 Å². The fraction of sp³-hybridized carbons (Fsp3) is 0.182. The first-order chi connectivity index (χ1) is 12.7. The standard InChI is InChI=1S/C22H18O4/c1-3-25-21(23)19-15-11-7-5-9-13(15)18-17(19)14-10-6-8-12-16(14)20(18)22(24)26-4-2/h5-12H,3-4H2,1-2H3. The molecule has 0 atom stereocenters. The molecule has 0 spiro atoms. The molecule has 2 aromatic carbocycles. The fourth-order valence-corrected chi connectivity index (χ4v) is 3.73. The number of fused-ring (bicyclic) bond motifs is 3. The monoisotopic (exact) mass is 346 g/mol. The molecule has 4 rings (SSSR count). The summed E-state index contributed by atoms with van der Waals surface area (Å²) in [6.07, 6.45) is 0. The smallest absolute Gasteiger partial charge is 0.339 e. The molecule has 0 saturated carbocycles. The van der Waals surface area contributed by atoms with E-state index in [1.807, 2.05) is 48.5 Å². The van der Waals surface area contributed by atoms with Gasteiger partial charge in [-0.05, 0) is 34.7 Å². The summed E-state index contributed by atoms with van der Waals surface area (Å²) in [4.78, 5) is 25.5. The van der Waals surface area contributed by atoms with Crippen molar-refractivity contribution in [3.05, 3.63) is 69.4 Å². The second-order valence-corrected chi connectivity index (χ2v) is 6.03. The number of hydrogen-bond acceptors (Lipinski definition) is 4. The van der Waals surface area contributed by atoms with Gasteiger partial charge in [0.25, 0.3) is 0 Å². The third kappa shape index (κ3) is 2.22. The van der Waals surface area contributed by atoms with Gasteiger partial charge < -0.3 is 9.47 Å². The SMILES string of the molecule is CCOC(=O)C1=c2ccccc2=C2C(C(=O)OCC)=c3ccccc3=C12. The zero-order chi connectivity index (χ0) is 18.3. The van der Waals surface area contributed by atoms with E-state index in [1.165, 1.54) is 0 Å². The average Bonchev–Trinajstić information content (AvgIpc) is 3.15. The molecular weight excluding hydrogens is 328 g/mol. The van der Waals surface area contributed by atoms with Gasteiger partial charge in [-0.1, -0.05) is 48.5 Å². The van der Waals surface area contributed by atoms with Crippen LogP contribution in [0, 0.1) is 0 Å². The summed E-state index contributed by atoms with van der Waals surface area (Å²) in [5.41, 5.74) is 2.57. The van der Waals surface area contributed by atoms with Crippen molar-refractivity contribution in [3.8, 4) is 0 Å². The normalized spacial score (nSPS) is 14.1. The zero-order valence-corrected chi connectivity index (χ0v) is 14.7. The molecule has 0 aromatic heterocycles. The Kier molecular flexibility index (Phi) is 3.96. The van der Waals surface area contributed by atoms with Crippen LogP contribution in [0.15, 0.2) is 48.5 Å². The molecule has 0 bridgehead atoms. The number of carbonyl (C=O) groups excluding carboxylic acids is 2. The maximum atomic E-state index is 12.7. The van der Waals surface area contributed by atoms with Crippen LogP contribution >= 0.6 is 0 Å². The van der Waals surface area contributed by atoms with E-state index in [9.17, 15) is 9.59 Å². The Morgan fingerprint density at radius 1 is 0.654 bits per heavy atom. The molecular formula is C22H18O4. The minimum absolute atomic E-state index is 0.295. The molecule has 2 aliphatic carbocycles. The van der Waals surface area contributed by atoms with Gasteiger partial charge in [-0.3, -0.25) is 0 Å². The van der Waals surface area contributed by atoms with Crippen molar-refractivity contribution in [2.24, 2.45) is 0 Å². The summed E-state index contributed by atoms with van der Waals surface area (Å²) in [6, 6.07) is 15.2. The third-order valence-electron chi connectivity index (χ3n) is 4.64. The summed E-state index contributed by atoms with van der Waals surface area (Å²) < 4.78 is 10.6. The van der Waals surface area contributed by atoms with Crippen LogP contribution in [0.4, 0.5) is 0 Å².